The Morgan fingerprint density at radius 3 is 2.66 bits per heavy atom. The van der Waals surface area contributed by atoms with Crippen LogP contribution in [0, 0.1) is 17.1 Å². The Morgan fingerprint density at radius 1 is 1.38 bits per heavy atom. The quantitative estimate of drug-likeness (QED) is 0.614. The molecule has 9 nitrogen and oxygen atoms in total. The predicted molar refractivity (Wildman–Crippen MR) is 103 cm³/mol. The van der Waals surface area contributed by atoms with E-state index >= 15 is 0 Å². The smallest absolute Gasteiger partial charge is 0.274 e. The van der Waals surface area contributed by atoms with Crippen molar-refractivity contribution in [3.05, 3.63) is 57.3 Å². The third-order valence-electron chi connectivity index (χ3n) is 4.04. The van der Waals surface area contributed by atoms with E-state index in [2.05, 4.69) is 5.10 Å². The molecular formula is C17H13ClFN5O4S. The molecule has 3 rings (SSSR count). The lowest BCUT2D eigenvalue weighted by Crippen LogP contribution is -2.37. The van der Waals surface area contributed by atoms with Crippen LogP contribution in [0.4, 0.5) is 10.1 Å². The van der Waals surface area contributed by atoms with Gasteiger partial charge in [0.15, 0.2) is 11.5 Å². The molecule has 150 valence electrons. The van der Waals surface area contributed by atoms with E-state index in [-0.39, 0.29) is 16.4 Å². The first-order valence-electron chi connectivity index (χ1n) is 8.15. The SMILES string of the molecule is CCS(=O)(=O)N(C(C)=O)c1cc(-n2nc3ccc(Cl)cn3c2=O)c(F)cc1C#N. The van der Waals surface area contributed by atoms with Crippen LogP contribution in [0.3, 0.4) is 0 Å². The van der Waals surface area contributed by atoms with Gasteiger partial charge in [0.05, 0.1) is 22.0 Å². The van der Waals surface area contributed by atoms with E-state index in [9.17, 15) is 27.7 Å². The Morgan fingerprint density at radius 2 is 2.07 bits per heavy atom. The molecule has 0 atom stereocenters. The van der Waals surface area contributed by atoms with Crippen molar-refractivity contribution in [2.24, 2.45) is 0 Å². The Bertz CT molecular complexity index is 1360. The summed E-state index contributed by atoms with van der Waals surface area (Å²) in [6.45, 7) is 2.31. The molecule has 0 spiro atoms. The average Bonchev–Trinajstić information content (AvgIpc) is 2.98. The molecule has 3 aromatic rings. The fourth-order valence-electron chi connectivity index (χ4n) is 2.72. The molecule has 0 bridgehead atoms. The Labute approximate surface area is 169 Å². The number of hydrogen-bond donors (Lipinski definition) is 0. The van der Waals surface area contributed by atoms with E-state index in [4.69, 9.17) is 11.6 Å². The second-order valence-electron chi connectivity index (χ2n) is 5.89. The van der Waals surface area contributed by atoms with Gasteiger partial charge in [-0.05, 0) is 31.2 Å². The third-order valence-corrected chi connectivity index (χ3v) is 6.01. The number of carbonyl (C=O) groups excluding carboxylic acids is 1. The Hall–Kier alpha value is -3.23. The van der Waals surface area contributed by atoms with E-state index in [1.807, 2.05) is 0 Å². The highest BCUT2D eigenvalue weighted by Gasteiger charge is 2.29. The molecule has 29 heavy (non-hydrogen) atoms. The van der Waals surface area contributed by atoms with Crippen molar-refractivity contribution in [1.82, 2.24) is 14.2 Å². The zero-order chi connectivity index (χ0) is 21.5. The number of rotatable bonds is 4. The molecule has 0 saturated carbocycles. The number of fused-ring (bicyclic) bond motifs is 1. The molecule has 0 aliphatic heterocycles. The average molecular weight is 438 g/mol. The van der Waals surface area contributed by atoms with Crippen LogP contribution in [0.25, 0.3) is 11.3 Å². The second kappa shape index (κ2) is 7.31. The lowest BCUT2D eigenvalue weighted by atomic mass is 10.1. The molecule has 0 aliphatic carbocycles. The van der Waals surface area contributed by atoms with Crippen molar-refractivity contribution in [2.75, 3.05) is 10.1 Å². The maximum absolute atomic E-state index is 14.7. The standard InChI is InChI=1S/C17H13ClFN5O4S/c1-3-29(27,28)24(10(2)25)14-7-15(13(19)6-11(14)8-20)23-17(26)22-9-12(18)4-5-16(22)21-23/h4-7,9H,3H2,1-2H3. The molecule has 1 amide bonds. The zero-order valence-corrected chi connectivity index (χ0v) is 16.7. The van der Waals surface area contributed by atoms with Gasteiger partial charge in [0.1, 0.15) is 11.8 Å². The molecule has 0 N–H and O–H groups in total. The van der Waals surface area contributed by atoms with Gasteiger partial charge in [0, 0.05) is 13.1 Å². The summed E-state index contributed by atoms with van der Waals surface area (Å²) in [7, 11) is -4.12. The summed E-state index contributed by atoms with van der Waals surface area (Å²) in [5, 5.41) is 13.6. The van der Waals surface area contributed by atoms with Gasteiger partial charge >= 0.3 is 5.69 Å². The number of anilines is 1. The number of sulfonamides is 1. The van der Waals surface area contributed by atoms with Crippen LogP contribution in [0.5, 0.6) is 0 Å². The number of benzene rings is 1. The fourth-order valence-corrected chi connectivity index (χ4v) is 3.98. The van der Waals surface area contributed by atoms with E-state index in [0.717, 1.165) is 23.5 Å². The van der Waals surface area contributed by atoms with Gasteiger partial charge in [-0.2, -0.15) is 9.94 Å². The zero-order valence-electron chi connectivity index (χ0n) is 15.1. The number of carbonyl (C=O) groups is 1. The van der Waals surface area contributed by atoms with Crippen molar-refractivity contribution in [3.63, 3.8) is 0 Å². The van der Waals surface area contributed by atoms with Crippen molar-refractivity contribution in [2.45, 2.75) is 13.8 Å². The van der Waals surface area contributed by atoms with Crippen molar-refractivity contribution in [3.8, 4) is 11.8 Å². The van der Waals surface area contributed by atoms with E-state index in [1.54, 1.807) is 6.07 Å². The normalized spacial score (nSPS) is 11.4. The summed E-state index contributed by atoms with van der Waals surface area (Å²) in [6.07, 6.45) is 1.29. The van der Waals surface area contributed by atoms with Crippen molar-refractivity contribution >= 4 is 38.9 Å². The molecule has 0 fully saturated rings. The lowest BCUT2D eigenvalue weighted by molar-refractivity contribution is -0.115. The third kappa shape index (κ3) is 3.48. The number of halogens is 2. The largest absolute Gasteiger partial charge is 0.355 e. The van der Waals surface area contributed by atoms with Gasteiger partial charge in [0.25, 0.3) is 0 Å². The van der Waals surface area contributed by atoms with E-state index in [0.29, 0.717) is 8.99 Å². The molecule has 1 aromatic carbocycles. The minimum absolute atomic E-state index is 0.161. The van der Waals surface area contributed by atoms with Crippen LogP contribution in [-0.4, -0.2) is 34.3 Å². The van der Waals surface area contributed by atoms with Crippen LogP contribution in [0.2, 0.25) is 5.02 Å². The highest BCUT2D eigenvalue weighted by Crippen LogP contribution is 2.28. The minimum atomic E-state index is -4.12. The highest BCUT2D eigenvalue weighted by molar-refractivity contribution is 7.93. The van der Waals surface area contributed by atoms with Gasteiger partial charge in [-0.25, -0.2) is 26.3 Å². The number of aromatic nitrogens is 3. The second-order valence-corrected chi connectivity index (χ2v) is 8.43. The number of nitriles is 1. The van der Waals surface area contributed by atoms with Crippen molar-refractivity contribution in [1.29, 1.82) is 5.26 Å². The van der Waals surface area contributed by atoms with Gasteiger partial charge in [-0.1, -0.05) is 11.6 Å². The first-order chi connectivity index (χ1) is 13.6. The molecule has 0 unspecified atom stereocenters. The first-order valence-corrected chi connectivity index (χ1v) is 10.1. The monoisotopic (exact) mass is 437 g/mol. The summed E-state index contributed by atoms with van der Waals surface area (Å²) in [6, 6.07) is 6.26. The molecule has 0 aliphatic rings. The molecule has 2 heterocycles. The first kappa shape index (κ1) is 20.5. The van der Waals surface area contributed by atoms with Gasteiger partial charge in [-0.3, -0.25) is 4.79 Å². The summed E-state index contributed by atoms with van der Waals surface area (Å²) < 4.78 is 41.6. The summed E-state index contributed by atoms with van der Waals surface area (Å²) in [5.74, 6) is -2.33. The topological polar surface area (TPSA) is 118 Å². The molecular weight excluding hydrogens is 425 g/mol. The Balaban J connectivity index is 2.35. The molecule has 12 heteroatoms. The lowest BCUT2D eigenvalue weighted by Gasteiger charge is -2.22. The summed E-state index contributed by atoms with van der Waals surface area (Å²) in [4.78, 5) is 24.7. The van der Waals surface area contributed by atoms with Crippen LogP contribution < -0.4 is 9.99 Å². The van der Waals surface area contributed by atoms with E-state index in [1.165, 1.54) is 25.3 Å². The Kier molecular flexibility index (Phi) is 5.16. The van der Waals surface area contributed by atoms with Gasteiger partial charge < -0.3 is 0 Å². The molecule has 2 aromatic heterocycles. The summed E-state index contributed by atoms with van der Waals surface area (Å²) >= 11 is 5.87. The van der Waals surface area contributed by atoms with E-state index < -0.39 is 44.4 Å². The maximum atomic E-state index is 14.7. The number of pyridine rings is 1. The fraction of sp³-hybridized carbons (Fsp3) is 0.176. The molecule has 0 radical (unpaired) electrons. The van der Waals surface area contributed by atoms with Gasteiger partial charge in [-0.15, -0.1) is 5.10 Å². The number of amides is 1. The number of hydrogen-bond acceptors (Lipinski definition) is 6. The molecule has 0 saturated heterocycles. The summed E-state index contributed by atoms with van der Waals surface area (Å²) in [5.41, 5.74) is -1.81. The highest BCUT2D eigenvalue weighted by atomic mass is 35.5. The minimum Gasteiger partial charge on any atom is -0.274 e. The van der Waals surface area contributed by atoms with Crippen LogP contribution in [0.15, 0.2) is 35.3 Å². The van der Waals surface area contributed by atoms with Crippen LogP contribution in [-0.2, 0) is 14.8 Å². The van der Waals surface area contributed by atoms with Gasteiger partial charge in [0.2, 0.25) is 15.9 Å². The maximum Gasteiger partial charge on any atom is 0.355 e. The van der Waals surface area contributed by atoms with Crippen LogP contribution in [0.1, 0.15) is 19.4 Å². The predicted octanol–water partition coefficient (Wildman–Crippen LogP) is 1.85. The van der Waals surface area contributed by atoms with Crippen molar-refractivity contribution < 1.29 is 17.6 Å². The number of nitrogens with zero attached hydrogens (tertiary/aromatic N) is 5. The van der Waals surface area contributed by atoms with Crippen LogP contribution >= 0.6 is 11.6 Å².